The van der Waals surface area contributed by atoms with E-state index in [2.05, 4.69) is 0 Å². The summed E-state index contributed by atoms with van der Waals surface area (Å²) in [7, 11) is -0.594. The number of thioether (sulfide) groups is 1. The standard InChI is InChI=1S/C17H21BClFO3S/c1-11(21)24-10-13(6-12-7-14(19)9-15(20)8-12)18-22-16(2,3)17(4,5)23-18/h6-9H,10H2,1-5H3. The molecule has 1 aliphatic rings. The molecule has 24 heavy (non-hydrogen) atoms. The Hall–Kier alpha value is -0.815. The van der Waals surface area contributed by atoms with Crippen LogP contribution in [0.3, 0.4) is 0 Å². The maximum Gasteiger partial charge on any atom is 0.491 e. The average Bonchev–Trinajstić information content (AvgIpc) is 2.62. The zero-order valence-electron chi connectivity index (χ0n) is 14.5. The van der Waals surface area contributed by atoms with Gasteiger partial charge < -0.3 is 9.31 Å². The Balaban J connectivity index is 2.35. The molecule has 1 aliphatic heterocycles. The van der Waals surface area contributed by atoms with E-state index >= 15 is 0 Å². The summed E-state index contributed by atoms with van der Waals surface area (Å²) >= 11 is 7.08. The van der Waals surface area contributed by atoms with Gasteiger partial charge in [0.05, 0.1) is 11.2 Å². The lowest BCUT2D eigenvalue weighted by Gasteiger charge is -2.32. The van der Waals surface area contributed by atoms with Gasteiger partial charge in [0.2, 0.25) is 0 Å². The van der Waals surface area contributed by atoms with E-state index in [1.165, 1.54) is 19.1 Å². The Labute approximate surface area is 152 Å². The number of halogens is 2. The minimum absolute atomic E-state index is 0.00491. The second-order valence-corrected chi connectivity index (χ2v) is 8.38. The summed E-state index contributed by atoms with van der Waals surface area (Å²) < 4.78 is 25.7. The zero-order valence-corrected chi connectivity index (χ0v) is 16.1. The second-order valence-electron chi connectivity index (χ2n) is 6.79. The monoisotopic (exact) mass is 370 g/mol. The molecule has 1 saturated heterocycles. The summed E-state index contributed by atoms with van der Waals surface area (Å²) in [6.45, 7) is 9.35. The third kappa shape index (κ3) is 4.63. The summed E-state index contributed by atoms with van der Waals surface area (Å²) in [4.78, 5) is 11.4. The van der Waals surface area contributed by atoms with Gasteiger partial charge in [-0.05, 0) is 56.9 Å². The Morgan fingerprint density at radius 1 is 1.25 bits per heavy atom. The molecule has 0 amide bonds. The van der Waals surface area contributed by atoms with E-state index in [1.807, 2.05) is 27.7 Å². The predicted molar refractivity (Wildman–Crippen MR) is 98.6 cm³/mol. The molecule has 0 radical (unpaired) electrons. The summed E-state index contributed by atoms with van der Waals surface area (Å²) in [6, 6.07) is 4.29. The van der Waals surface area contributed by atoms with Crippen LogP contribution in [-0.2, 0) is 14.1 Å². The van der Waals surface area contributed by atoms with Gasteiger partial charge in [-0.25, -0.2) is 4.39 Å². The molecule has 1 aromatic carbocycles. The lowest BCUT2D eigenvalue weighted by atomic mass is 9.78. The first-order valence-corrected chi connectivity index (χ1v) is 9.02. The summed E-state index contributed by atoms with van der Waals surface area (Å²) in [6.07, 6.45) is 1.77. The fourth-order valence-corrected chi connectivity index (χ4v) is 3.05. The van der Waals surface area contributed by atoms with Gasteiger partial charge in [0.1, 0.15) is 5.82 Å². The molecule has 130 valence electrons. The molecule has 0 bridgehead atoms. The van der Waals surface area contributed by atoms with Gasteiger partial charge in [0.15, 0.2) is 5.12 Å². The van der Waals surface area contributed by atoms with Crippen molar-refractivity contribution in [2.24, 2.45) is 0 Å². The van der Waals surface area contributed by atoms with Crippen molar-refractivity contribution in [2.45, 2.75) is 45.8 Å². The molecular formula is C17H21BClFO3S. The lowest BCUT2D eigenvalue weighted by molar-refractivity contribution is -0.109. The molecule has 0 N–H and O–H groups in total. The molecule has 3 nitrogen and oxygen atoms in total. The molecule has 1 aromatic rings. The molecule has 0 spiro atoms. The maximum atomic E-state index is 13.6. The topological polar surface area (TPSA) is 35.5 Å². The predicted octanol–water partition coefficient (Wildman–Crippen LogP) is 4.77. The van der Waals surface area contributed by atoms with Gasteiger partial charge >= 0.3 is 7.12 Å². The Bertz CT molecular complexity index is 640. The minimum Gasteiger partial charge on any atom is -0.400 e. The summed E-state index contributed by atoms with van der Waals surface area (Å²) in [5.74, 6) is -0.0125. The van der Waals surface area contributed by atoms with Crippen molar-refractivity contribution in [1.29, 1.82) is 0 Å². The van der Waals surface area contributed by atoms with Crippen molar-refractivity contribution in [2.75, 3.05) is 5.75 Å². The van der Waals surface area contributed by atoms with Gasteiger partial charge in [-0.3, -0.25) is 4.79 Å². The normalized spacial score (nSPS) is 19.6. The first kappa shape index (κ1) is 19.5. The van der Waals surface area contributed by atoms with Crippen molar-refractivity contribution < 1.29 is 18.5 Å². The Morgan fingerprint density at radius 3 is 2.33 bits per heavy atom. The van der Waals surface area contributed by atoms with Crippen LogP contribution in [0.15, 0.2) is 23.7 Å². The summed E-state index contributed by atoms with van der Waals surface area (Å²) in [5.41, 5.74) is 0.387. The SMILES string of the molecule is CC(=O)SCC(=Cc1cc(F)cc(Cl)c1)B1OC(C)(C)C(C)(C)O1. The van der Waals surface area contributed by atoms with Crippen molar-refractivity contribution in [3.05, 3.63) is 40.1 Å². The number of carbonyl (C=O) groups is 1. The van der Waals surface area contributed by atoms with Gasteiger partial charge in [-0.15, -0.1) is 0 Å². The highest BCUT2D eigenvalue weighted by atomic mass is 35.5. The van der Waals surface area contributed by atoms with Crippen molar-refractivity contribution in [1.82, 2.24) is 0 Å². The van der Waals surface area contributed by atoms with Gasteiger partial charge in [-0.2, -0.15) is 0 Å². The first-order valence-electron chi connectivity index (χ1n) is 7.66. The number of hydrogen-bond donors (Lipinski definition) is 0. The van der Waals surface area contributed by atoms with Crippen LogP contribution >= 0.6 is 23.4 Å². The van der Waals surface area contributed by atoms with Crippen molar-refractivity contribution in [3.63, 3.8) is 0 Å². The highest BCUT2D eigenvalue weighted by Gasteiger charge is 2.52. The van der Waals surface area contributed by atoms with Crippen LogP contribution in [-0.4, -0.2) is 29.2 Å². The van der Waals surface area contributed by atoms with Crippen LogP contribution in [0, 0.1) is 5.82 Å². The van der Waals surface area contributed by atoms with E-state index in [-0.39, 0.29) is 5.12 Å². The van der Waals surface area contributed by atoms with Crippen LogP contribution in [0.1, 0.15) is 40.2 Å². The molecular weight excluding hydrogens is 350 g/mol. The zero-order chi connectivity index (χ0) is 18.1. The smallest absolute Gasteiger partial charge is 0.400 e. The fourth-order valence-electron chi connectivity index (χ4n) is 2.23. The van der Waals surface area contributed by atoms with E-state index in [9.17, 15) is 9.18 Å². The molecule has 7 heteroatoms. The number of benzene rings is 1. The van der Waals surface area contributed by atoms with Crippen LogP contribution in [0.25, 0.3) is 6.08 Å². The van der Waals surface area contributed by atoms with Crippen LogP contribution < -0.4 is 0 Å². The fraction of sp³-hybridized carbons (Fsp3) is 0.471. The number of rotatable bonds is 4. The van der Waals surface area contributed by atoms with Crippen molar-refractivity contribution >= 4 is 41.7 Å². The highest BCUT2D eigenvalue weighted by Crippen LogP contribution is 2.39. The Morgan fingerprint density at radius 2 is 1.83 bits per heavy atom. The maximum absolute atomic E-state index is 13.6. The van der Waals surface area contributed by atoms with E-state index in [0.717, 1.165) is 17.2 Å². The van der Waals surface area contributed by atoms with Crippen LogP contribution in [0.5, 0.6) is 0 Å². The minimum atomic E-state index is -0.594. The van der Waals surface area contributed by atoms with Gasteiger partial charge in [0.25, 0.3) is 0 Å². The third-order valence-corrected chi connectivity index (χ3v) is 5.34. The van der Waals surface area contributed by atoms with Crippen molar-refractivity contribution in [3.8, 4) is 0 Å². The van der Waals surface area contributed by atoms with Crippen LogP contribution in [0.2, 0.25) is 5.02 Å². The van der Waals surface area contributed by atoms with Gasteiger partial charge in [0, 0.05) is 17.7 Å². The quantitative estimate of drug-likeness (QED) is 0.715. The first-order chi connectivity index (χ1) is 11.0. The molecule has 0 saturated carbocycles. The van der Waals surface area contributed by atoms with E-state index < -0.39 is 24.1 Å². The third-order valence-electron chi connectivity index (χ3n) is 4.24. The number of carbonyl (C=O) groups excluding carboxylic acids is 1. The molecule has 0 aliphatic carbocycles. The number of hydrogen-bond acceptors (Lipinski definition) is 4. The molecule has 0 unspecified atom stereocenters. The highest BCUT2D eigenvalue weighted by molar-refractivity contribution is 8.13. The molecule has 0 atom stereocenters. The molecule has 2 rings (SSSR count). The Kier molecular flexibility index (Phi) is 5.85. The van der Waals surface area contributed by atoms with E-state index in [0.29, 0.717) is 16.3 Å². The largest absolute Gasteiger partial charge is 0.491 e. The van der Waals surface area contributed by atoms with E-state index in [4.69, 9.17) is 20.9 Å². The van der Waals surface area contributed by atoms with E-state index in [1.54, 1.807) is 12.1 Å². The second kappa shape index (κ2) is 7.20. The van der Waals surface area contributed by atoms with Crippen LogP contribution in [0.4, 0.5) is 4.39 Å². The molecule has 0 aromatic heterocycles. The summed E-state index contributed by atoms with van der Waals surface area (Å²) in [5, 5.41) is 0.309. The average molecular weight is 371 g/mol. The molecule has 1 fully saturated rings. The lowest BCUT2D eigenvalue weighted by Crippen LogP contribution is -2.41. The van der Waals surface area contributed by atoms with Gasteiger partial charge in [-0.1, -0.05) is 29.4 Å². The molecule has 1 heterocycles.